The average Bonchev–Trinajstić information content (AvgIpc) is 3.35. The van der Waals surface area contributed by atoms with Crippen LogP contribution in [-0.2, 0) is 20.4 Å². The highest BCUT2D eigenvalue weighted by atomic mass is 16.2. The molecule has 0 N–H and O–H groups in total. The maximum Gasteiger partial charge on any atom is 0.228 e. The van der Waals surface area contributed by atoms with Crippen LogP contribution < -0.4 is 0 Å². The SMILES string of the molecule is CC(C)(C)C(=O)N1CC23C=CC4(C=C2)CN(C(=O)C(C)(C)C)CC42c4ccccc4C3(C1)c1ccccc12. The summed E-state index contributed by atoms with van der Waals surface area (Å²) in [6.45, 7) is 14.8. The molecule has 0 radical (unpaired) electrons. The average molecular weight is 507 g/mol. The second-order valence-corrected chi connectivity index (χ2v) is 14.5. The van der Waals surface area contributed by atoms with E-state index in [0.717, 1.165) is 0 Å². The molecule has 0 saturated carbocycles. The van der Waals surface area contributed by atoms with E-state index < -0.39 is 10.8 Å². The number of hydrogen-bond acceptors (Lipinski definition) is 2. The van der Waals surface area contributed by atoms with E-state index in [1.165, 1.54) is 22.3 Å². The van der Waals surface area contributed by atoms with Gasteiger partial charge in [0.1, 0.15) is 0 Å². The Labute approximate surface area is 226 Å². The molecule has 2 fully saturated rings. The molecule has 2 aliphatic carbocycles. The number of hydrogen-bond donors (Lipinski definition) is 0. The highest BCUT2D eigenvalue weighted by Gasteiger charge is 2.72. The smallest absolute Gasteiger partial charge is 0.228 e. The van der Waals surface area contributed by atoms with Gasteiger partial charge in [-0.15, -0.1) is 0 Å². The van der Waals surface area contributed by atoms with Crippen molar-refractivity contribution < 1.29 is 9.59 Å². The summed E-state index contributed by atoms with van der Waals surface area (Å²) >= 11 is 0. The van der Waals surface area contributed by atoms with Crippen LogP contribution in [0.15, 0.2) is 72.8 Å². The summed E-state index contributed by atoms with van der Waals surface area (Å²) in [6, 6.07) is 17.9. The molecule has 2 heterocycles. The fourth-order valence-electron chi connectivity index (χ4n) is 8.69. The van der Waals surface area contributed by atoms with Crippen LogP contribution in [0.4, 0.5) is 0 Å². The van der Waals surface area contributed by atoms with Gasteiger partial charge in [-0.05, 0) is 22.3 Å². The summed E-state index contributed by atoms with van der Waals surface area (Å²) in [5, 5.41) is 0. The molecule has 2 aliphatic heterocycles. The Bertz CT molecular complexity index is 1290. The fraction of sp³-hybridized carbons (Fsp3) is 0.471. The van der Waals surface area contributed by atoms with Gasteiger partial charge in [-0.3, -0.25) is 9.59 Å². The molecule has 196 valence electrons. The van der Waals surface area contributed by atoms with Crippen molar-refractivity contribution in [3.05, 3.63) is 95.1 Å². The van der Waals surface area contributed by atoms with Gasteiger partial charge < -0.3 is 9.80 Å². The highest BCUT2D eigenvalue weighted by molar-refractivity contribution is 5.85. The Balaban J connectivity index is 1.56. The summed E-state index contributed by atoms with van der Waals surface area (Å²) in [6.07, 6.45) is 9.70. The van der Waals surface area contributed by atoms with E-state index in [9.17, 15) is 9.59 Å². The van der Waals surface area contributed by atoms with Crippen LogP contribution in [0.3, 0.4) is 0 Å². The molecular weight excluding hydrogens is 468 g/mol. The number of nitrogens with zero attached hydrogens (tertiary/aromatic N) is 2. The van der Waals surface area contributed by atoms with Crippen LogP contribution in [-0.4, -0.2) is 47.8 Å². The molecule has 6 rings (SSSR count). The van der Waals surface area contributed by atoms with Gasteiger partial charge in [-0.2, -0.15) is 0 Å². The first kappa shape index (κ1) is 23.9. The largest absolute Gasteiger partial charge is 0.340 e. The van der Waals surface area contributed by atoms with E-state index in [2.05, 4.69) is 82.6 Å². The van der Waals surface area contributed by atoms with Gasteiger partial charge in [0.25, 0.3) is 0 Å². The first-order valence-electron chi connectivity index (χ1n) is 14.0. The van der Waals surface area contributed by atoms with Gasteiger partial charge >= 0.3 is 0 Å². The van der Waals surface area contributed by atoms with Crippen molar-refractivity contribution in [2.45, 2.75) is 52.4 Å². The summed E-state index contributed by atoms with van der Waals surface area (Å²) < 4.78 is 0. The Hall–Kier alpha value is -3.14. The minimum absolute atomic E-state index is 0.201. The quantitative estimate of drug-likeness (QED) is 0.445. The molecule has 2 amide bonds. The van der Waals surface area contributed by atoms with E-state index in [-0.39, 0.29) is 33.5 Å². The van der Waals surface area contributed by atoms with Crippen molar-refractivity contribution in [3.8, 4) is 0 Å². The summed E-state index contributed by atoms with van der Waals surface area (Å²) in [5.74, 6) is 0.403. The van der Waals surface area contributed by atoms with Crippen LogP contribution in [0.5, 0.6) is 0 Å². The van der Waals surface area contributed by atoms with Crippen molar-refractivity contribution in [2.75, 3.05) is 26.2 Å². The summed E-state index contributed by atoms with van der Waals surface area (Å²) in [7, 11) is 0. The fourth-order valence-corrected chi connectivity index (χ4v) is 8.69. The van der Waals surface area contributed by atoms with Crippen LogP contribution in [0.1, 0.15) is 63.8 Å². The molecule has 4 spiro atoms. The van der Waals surface area contributed by atoms with Crippen LogP contribution in [0.25, 0.3) is 0 Å². The minimum atomic E-state index is -0.449. The lowest BCUT2D eigenvalue weighted by Crippen LogP contribution is -2.59. The van der Waals surface area contributed by atoms with E-state index in [1.807, 2.05) is 41.5 Å². The predicted molar refractivity (Wildman–Crippen MR) is 150 cm³/mol. The number of likely N-dealkylation sites (tertiary alicyclic amines) is 2. The molecule has 2 saturated heterocycles. The Morgan fingerprint density at radius 2 is 0.842 bits per heavy atom. The van der Waals surface area contributed by atoms with Crippen molar-refractivity contribution in [1.29, 1.82) is 0 Å². The molecule has 0 bridgehead atoms. The zero-order valence-electron chi connectivity index (χ0n) is 23.5. The first-order valence-corrected chi connectivity index (χ1v) is 14.0. The van der Waals surface area contributed by atoms with E-state index in [1.54, 1.807) is 0 Å². The van der Waals surface area contributed by atoms with E-state index in [0.29, 0.717) is 26.2 Å². The molecule has 4 heteroatoms. The standard InChI is InChI=1S/C34H38N2O2/c1-29(2,3)27(37)35-19-31-15-17-32(18-16-31)20-36(28(38)30(4,5)6)22-34(32)25-13-9-7-11-23(25)33(31,21-35)24-12-8-10-14-26(24)34/h7-18H,19-22H2,1-6H3. The maximum atomic E-state index is 13.8. The van der Waals surface area contributed by atoms with E-state index in [4.69, 9.17) is 0 Å². The third-order valence-electron chi connectivity index (χ3n) is 10.3. The molecule has 0 unspecified atom stereocenters. The first-order chi connectivity index (χ1) is 17.8. The number of amides is 2. The van der Waals surface area contributed by atoms with Gasteiger partial charge in [0.05, 0.1) is 10.8 Å². The van der Waals surface area contributed by atoms with Crippen LogP contribution >= 0.6 is 0 Å². The lowest BCUT2D eigenvalue weighted by atomic mass is 9.41. The second-order valence-electron chi connectivity index (χ2n) is 14.5. The Morgan fingerprint density at radius 3 is 1.11 bits per heavy atom. The minimum Gasteiger partial charge on any atom is -0.340 e. The molecule has 4 aliphatic rings. The number of carbonyl (C=O) groups excluding carboxylic acids is 2. The zero-order valence-corrected chi connectivity index (χ0v) is 23.5. The lowest BCUT2D eigenvalue weighted by Gasteiger charge is -2.59. The van der Waals surface area contributed by atoms with Gasteiger partial charge in [-0.1, -0.05) is 114 Å². The van der Waals surface area contributed by atoms with Crippen molar-refractivity contribution in [3.63, 3.8) is 0 Å². The van der Waals surface area contributed by atoms with Crippen LogP contribution in [0.2, 0.25) is 0 Å². The molecule has 2 aromatic rings. The number of rotatable bonds is 0. The van der Waals surface area contributed by atoms with Crippen molar-refractivity contribution in [2.24, 2.45) is 21.7 Å². The highest BCUT2D eigenvalue weighted by Crippen LogP contribution is 2.70. The Morgan fingerprint density at radius 1 is 0.553 bits per heavy atom. The number of benzene rings is 2. The van der Waals surface area contributed by atoms with Gasteiger partial charge in [0, 0.05) is 47.8 Å². The third kappa shape index (κ3) is 2.53. The van der Waals surface area contributed by atoms with Crippen molar-refractivity contribution >= 4 is 11.8 Å². The zero-order chi connectivity index (χ0) is 26.9. The van der Waals surface area contributed by atoms with Gasteiger partial charge in [0.2, 0.25) is 11.8 Å². The molecular formula is C34H38N2O2. The molecule has 4 nitrogen and oxygen atoms in total. The van der Waals surface area contributed by atoms with Gasteiger partial charge in [0.15, 0.2) is 0 Å². The molecule has 0 aromatic heterocycles. The normalized spacial score (nSPS) is 33.9. The second kappa shape index (κ2) is 6.89. The third-order valence-corrected chi connectivity index (χ3v) is 10.3. The number of fused-ring (bicyclic) bond motifs is 8. The van der Waals surface area contributed by atoms with Crippen molar-refractivity contribution in [1.82, 2.24) is 9.80 Å². The lowest BCUT2D eigenvalue weighted by molar-refractivity contribution is -0.139. The topological polar surface area (TPSA) is 40.6 Å². The molecule has 2 aromatic carbocycles. The van der Waals surface area contributed by atoms with Crippen LogP contribution in [0, 0.1) is 21.7 Å². The monoisotopic (exact) mass is 506 g/mol. The maximum absolute atomic E-state index is 13.8. The molecule has 38 heavy (non-hydrogen) atoms. The molecule has 0 atom stereocenters. The Kier molecular flexibility index (Phi) is 4.34. The summed E-state index contributed by atoms with van der Waals surface area (Å²) in [4.78, 5) is 31.8. The number of carbonyl (C=O) groups is 2. The van der Waals surface area contributed by atoms with Gasteiger partial charge in [-0.25, -0.2) is 0 Å². The predicted octanol–water partition coefficient (Wildman–Crippen LogP) is 5.46. The van der Waals surface area contributed by atoms with E-state index >= 15 is 0 Å². The summed E-state index contributed by atoms with van der Waals surface area (Å²) in [5.41, 5.74) is 2.94.